The molecule has 0 saturated carbocycles. The zero-order valence-corrected chi connectivity index (χ0v) is 11.2. The van der Waals surface area contributed by atoms with Crippen LogP contribution < -0.4 is 5.32 Å². The van der Waals surface area contributed by atoms with Crippen LogP contribution in [0.5, 0.6) is 0 Å². The van der Waals surface area contributed by atoms with E-state index in [1.165, 1.54) is 10.9 Å². The van der Waals surface area contributed by atoms with Gasteiger partial charge in [-0.25, -0.2) is 4.39 Å². The smallest absolute Gasteiger partial charge is 0.123 e. The van der Waals surface area contributed by atoms with Gasteiger partial charge in [0.05, 0.1) is 5.51 Å². The molecule has 1 aromatic carbocycles. The van der Waals surface area contributed by atoms with Crippen molar-refractivity contribution in [2.75, 3.05) is 6.54 Å². The van der Waals surface area contributed by atoms with Gasteiger partial charge in [-0.05, 0) is 37.1 Å². The third kappa shape index (κ3) is 3.89. The third-order valence-corrected chi connectivity index (χ3v) is 3.60. The minimum atomic E-state index is -0.166. The number of thiazole rings is 1. The lowest BCUT2D eigenvalue weighted by Crippen LogP contribution is -2.32. The minimum Gasteiger partial charge on any atom is -0.314 e. The zero-order valence-electron chi connectivity index (χ0n) is 10.4. The summed E-state index contributed by atoms with van der Waals surface area (Å²) in [5, 5.41) is 3.45. The fourth-order valence-electron chi connectivity index (χ4n) is 2.04. The third-order valence-electron chi connectivity index (χ3n) is 2.79. The Labute approximate surface area is 111 Å². The first kappa shape index (κ1) is 13.2. The van der Waals surface area contributed by atoms with E-state index < -0.39 is 0 Å². The van der Waals surface area contributed by atoms with Crippen LogP contribution in [-0.4, -0.2) is 17.6 Å². The SMILES string of the molecule is CCNC(Cc1cccc(F)c1)Cc1cncs1. The molecule has 4 heteroatoms. The van der Waals surface area contributed by atoms with Crippen molar-refractivity contribution in [3.05, 3.63) is 52.2 Å². The summed E-state index contributed by atoms with van der Waals surface area (Å²) in [5.41, 5.74) is 2.88. The van der Waals surface area contributed by atoms with Crippen LogP contribution in [0.1, 0.15) is 17.4 Å². The van der Waals surface area contributed by atoms with Crippen LogP contribution in [0.2, 0.25) is 0 Å². The van der Waals surface area contributed by atoms with Crippen LogP contribution in [0.15, 0.2) is 36.0 Å². The van der Waals surface area contributed by atoms with E-state index in [9.17, 15) is 4.39 Å². The average molecular weight is 264 g/mol. The Kier molecular flexibility index (Phi) is 4.84. The summed E-state index contributed by atoms with van der Waals surface area (Å²) in [7, 11) is 0. The van der Waals surface area contributed by atoms with Gasteiger partial charge in [0, 0.05) is 17.1 Å². The van der Waals surface area contributed by atoms with Gasteiger partial charge in [-0.3, -0.25) is 4.98 Å². The van der Waals surface area contributed by atoms with E-state index in [2.05, 4.69) is 17.2 Å². The molecule has 0 saturated heterocycles. The number of hydrogen-bond donors (Lipinski definition) is 1. The minimum absolute atomic E-state index is 0.166. The molecule has 18 heavy (non-hydrogen) atoms. The van der Waals surface area contributed by atoms with E-state index in [-0.39, 0.29) is 5.82 Å². The molecule has 2 rings (SSSR count). The van der Waals surface area contributed by atoms with Gasteiger partial charge < -0.3 is 5.32 Å². The maximum atomic E-state index is 13.2. The molecule has 2 nitrogen and oxygen atoms in total. The number of benzene rings is 1. The van der Waals surface area contributed by atoms with Crippen molar-refractivity contribution in [2.45, 2.75) is 25.8 Å². The standard InChI is InChI=1S/C14H17FN2S/c1-2-17-13(8-14-9-16-10-18-14)7-11-4-3-5-12(15)6-11/h3-6,9-10,13,17H,2,7-8H2,1H3. The maximum Gasteiger partial charge on any atom is 0.123 e. The summed E-state index contributed by atoms with van der Waals surface area (Å²) in [6.45, 7) is 3.00. The summed E-state index contributed by atoms with van der Waals surface area (Å²) < 4.78 is 13.2. The Hall–Kier alpha value is -1.26. The van der Waals surface area contributed by atoms with Gasteiger partial charge in [0.2, 0.25) is 0 Å². The van der Waals surface area contributed by atoms with E-state index in [0.717, 1.165) is 24.9 Å². The summed E-state index contributed by atoms with van der Waals surface area (Å²) >= 11 is 1.67. The highest BCUT2D eigenvalue weighted by Gasteiger charge is 2.10. The molecule has 0 aliphatic heterocycles. The lowest BCUT2D eigenvalue weighted by molar-refractivity contribution is 0.522. The van der Waals surface area contributed by atoms with Crippen molar-refractivity contribution >= 4 is 11.3 Å². The van der Waals surface area contributed by atoms with Gasteiger partial charge in [-0.15, -0.1) is 11.3 Å². The van der Waals surface area contributed by atoms with Crippen molar-refractivity contribution in [1.82, 2.24) is 10.3 Å². The fourth-order valence-corrected chi connectivity index (χ4v) is 2.72. The highest BCUT2D eigenvalue weighted by Crippen LogP contribution is 2.13. The number of rotatable bonds is 6. The van der Waals surface area contributed by atoms with Crippen LogP contribution in [0.4, 0.5) is 4.39 Å². The van der Waals surface area contributed by atoms with Gasteiger partial charge in [0.1, 0.15) is 5.82 Å². The molecular formula is C14H17FN2S. The number of aromatic nitrogens is 1. The molecule has 0 amide bonds. The molecule has 1 aromatic heterocycles. The second-order valence-electron chi connectivity index (χ2n) is 4.26. The molecule has 1 heterocycles. The molecule has 0 fully saturated rings. The first-order chi connectivity index (χ1) is 8.78. The summed E-state index contributed by atoms with van der Waals surface area (Å²) in [6.07, 6.45) is 3.68. The molecule has 0 bridgehead atoms. The highest BCUT2D eigenvalue weighted by molar-refractivity contribution is 7.09. The van der Waals surface area contributed by atoms with E-state index in [1.54, 1.807) is 23.5 Å². The Bertz CT molecular complexity index is 470. The predicted molar refractivity (Wildman–Crippen MR) is 73.4 cm³/mol. The van der Waals surface area contributed by atoms with E-state index in [0.29, 0.717) is 6.04 Å². The maximum absolute atomic E-state index is 13.2. The van der Waals surface area contributed by atoms with E-state index >= 15 is 0 Å². The van der Waals surface area contributed by atoms with Crippen molar-refractivity contribution < 1.29 is 4.39 Å². The number of likely N-dealkylation sites (N-methyl/N-ethyl adjacent to an activating group) is 1. The van der Waals surface area contributed by atoms with Crippen molar-refractivity contribution in [2.24, 2.45) is 0 Å². The van der Waals surface area contributed by atoms with Crippen molar-refractivity contribution in [3.63, 3.8) is 0 Å². The second kappa shape index (κ2) is 6.61. The fraction of sp³-hybridized carbons (Fsp3) is 0.357. The Morgan fingerprint density at radius 1 is 1.39 bits per heavy atom. The first-order valence-corrected chi connectivity index (χ1v) is 7.01. The van der Waals surface area contributed by atoms with Gasteiger partial charge in [-0.2, -0.15) is 0 Å². The van der Waals surface area contributed by atoms with E-state index in [1.807, 2.05) is 17.8 Å². The molecule has 1 atom stereocenters. The normalized spacial score (nSPS) is 12.6. The van der Waals surface area contributed by atoms with Crippen LogP contribution in [0, 0.1) is 5.82 Å². The summed E-state index contributed by atoms with van der Waals surface area (Å²) in [4.78, 5) is 5.35. The quantitative estimate of drug-likeness (QED) is 0.867. The largest absolute Gasteiger partial charge is 0.314 e. The van der Waals surface area contributed by atoms with Crippen LogP contribution >= 0.6 is 11.3 Å². The Morgan fingerprint density at radius 2 is 2.28 bits per heavy atom. The van der Waals surface area contributed by atoms with Crippen LogP contribution in [0.3, 0.4) is 0 Å². The highest BCUT2D eigenvalue weighted by atomic mass is 32.1. The van der Waals surface area contributed by atoms with Crippen molar-refractivity contribution in [3.8, 4) is 0 Å². The Balaban J connectivity index is 2.01. The van der Waals surface area contributed by atoms with Gasteiger partial charge in [0.15, 0.2) is 0 Å². The number of halogens is 1. The molecular weight excluding hydrogens is 247 g/mol. The first-order valence-electron chi connectivity index (χ1n) is 6.13. The average Bonchev–Trinajstić information content (AvgIpc) is 2.82. The second-order valence-corrected chi connectivity index (χ2v) is 5.23. The lowest BCUT2D eigenvalue weighted by atomic mass is 10.0. The molecule has 0 radical (unpaired) electrons. The molecule has 0 aliphatic rings. The monoisotopic (exact) mass is 264 g/mol. The van der Waals surface area contributed by atoms with Crippen LogP contribution in [-0.2, 0) is 12.8 Å². The molecule has 1 unspecified atom stereocenters. The lowest BCUT2D eigenvalue weighted by Gasteiger charge is -2.17. The van der Waals surface area contributed by atoms with Gasteiger partial charge in [-0.1, -0.05) is 19.1 Å². The van der Waals surface area contributed by atoms with E-state index in [4.69, 9.17) is 0 Å². The van der Waals surface area contributed by atoms with Gasteiger partial charge >= 0.3 is 0 Å². The molecule has 0 spiro atoms. The van der Waals surface area contributed by atoms with Crippen LogP contribution in [0.25, 0.3) is 0 Å². The van der Waals surface area contributed by atoms with Gasteiger partial charge in [0.25, 0.3) is 0 Å². The predicted octanol–water partition coefficient (Wildman–Crippen LogP) is 3.05. The zero-order chi connectivity index (χ0) is 12.8. The molecule has 1 N–H and O–H groups in total. The van der Waals surface area contributed by atoms with Crippen molar-refractivity contribution in [1.29, 1.82) is 0 Å². The number of nitrogens with one attached hydrogen (secondary N) is 1. The Morgan fingerprint density at radius 3 is 2.94 bits per heavy atom. The number of hydrogen-bond acceptors (Lipinski definition) is 3. The molecule has 2 aromatic rings. The molecule has 0 aliphatic carbocycles. The number of nitrogens with zero attached hydrogens (tertiary/aromatic N) is 1. The summed E-state index contributed by atoms with van der Waals surface area (Å²) in [6, 6.07) is 7.16. The molecule has 96 valence electrons. The topological polar surface area (TPSA) is 24.9 Å². The summed E-state index contributed by atoms with van der Waals surface area (Å²) in [5.74, 6) is -0.166.